The topological polar surface area (TPSA) is 66.6 Å². The van der Waals surface area contributed by atoms with Crippen LogP contribution in [0.5, 0.6) is 0 Å². The molecule has 0 aromatic carbocycles. The number of likely N-dealkylation sites (N-methyl/N-ethyl adjacent to an activating group) is 1. The summed E-state index contributed by atoms with van der Waals surface area (Å²) in [6.07, 6.45) is 5.24. The summed E-state index contributed by atoms with van der Waals surface area (Å²) in [5.41, 5.74) is 5.66. The number of nitrogens with zero attached hydrogens (tertiary/aromatic N) is 1. The minimum absolute atomic E-state index is 0.0551. The second-order valence-corrected chi connectivity index (χ2v) is 5.02. The first-order valence-electron chi connectivity index (χ1n) is 6.79. The molecule has 0 unspecified atom stereocenters. The molecule has 4 heteroatoms. The fraction of sp³-hybridized carbons (Fsp3) is 0.923. The molecule has 0 atom stereocenters. The number of rotatable bonds is 6. The van der Waals surface area contributed by atoms with Crippen molar-refractivity contribution in [3.8, 4) is 0 Å². The van der Waals surface area contributed by atoms with Crippen molar-refractivity contribution < 1.29 is 9.90 Å². The third-order valence-electron chi connectivity index (χ3n) is 3.87. The van der Waals surface area contributed by atoms with Crippen LogP contribution in [0.2, 0.25) is 0 Å². The van der Waals surface area contributed by atoms with Crippen LogP contribution >= 0.6 is 0 Å². The zero-order valence-electron chi connectivity index (χ0n) is 10.9. The van der Waals surface area contributed by atoms with Crippen LogP contribution < -0.4 is 5.73 Å². The van der Waals surface area contributed by atoms with E-state index < -0.39 is 0 Å². The highest BCUT2D eigenvalue weighted by molar-refractivity contribution is 5.76. The number of carbonyl (C=O) groups is 1. The standard InChI is InChI=1S/C13H26N2O2/c1-2-15(7-8-16)13(17)9-11-3-5-12(10-14)6-4-11/h11-12,16H,2-10,14H2,1H3. The van der Waals surface area contributed by atoms with E-state index in [1.807, 2.05) is 6.92 Å². The number of aliphatic hydroxyl groups excluding tert-OH is 1. The van der Waals surface area contributed by atoms with E-state index in [-0.39, 0.29) is 12.5 Å². The number of amides is 1. The summed E-state index contributed by atoms with van der Waals surface area (Å²) in [6.45, 7) is 3.95. The minimum Gasteiger partial charge on any atom is -0.395 e. The van der Waals surface area contributed by atoms with Crippen molar-refractivity contribution in [3.63, 3.8) is 0 Å². The molecule has 1 saturated carbocycles. The summed E-state index contributed by atoms with van der Waals surface area (Å²) >= 11 is 0. The maximum Gasteiger partial charge on any atom is 0.222 e. The highest BCUT2D eigenvalue weighted by Crippen LogP contribution is 2.30. The lowest BCUT2D eigenvalue weighted by Gasteiger charge is -2.29. The molecule has 100 valence electrons. The normalized spacial score (nSPS) is 24.6. The molecule has 17 heavy (non-hydrogen) atoms. The molecule has 1 rings (SSSR count). The van der Waals surface area contributed by atoms with Crippen LogP contribution in [0.1, 0.15) is 39.0 Å². The highest BCUT2D eigenvalue weighted by Gasteiger charge is 2.23. The van der Waals surface area contributed by atoms with Gasteiger partial charge in [0.2, 0.25) is 5.91 Å². The van der Waals surface area contributed by atoms with E-state index in [9.17, 15) is 4.79 Å². The molecule has 1 aliphatic carbocycles. The fourth-order valence-electron chi connectivity index (χ4n) is 2.63. The zero-order valence-corrected chi connectivity index (χ0v) is 10.9. The maximum atomic E-state index is 12.0. The number of hydrogen-bond acceptors (Lipinski definition) is 3. The van der Waals surface area contributed by atoms with Gasteiger partial charge in [-0.15, -0.1) is 0 Å². The van der Waals surface area contributed by atoms with Crippen LogP contribution in [0.25, 0.3) is 0 Å². The average Bonchev–Trinajstić information content (AvgIpc) is 2.36. The Bertz CT molecular complexity index is 225. The van der Waals surface area contributed by atoms with Crippen molar-refractivity contribution >= 4 is 5.91 Å². The average molecular weight is 242 g/mol. The Labute approximate surface area is 104 Å². The molecule has 0 aromatic rings. The van der Waals surface area contributed by atoms with Gasteiger partial charge in [0.15, 0.2) is 0 Å². The monoisotopic (exact) mass is 242 g/mol. The molecule has 0 aliphatic heterocycles. The Morgan fingerprint density at radius 1 is 1.29 bits per heavy atom. The Morgan fingerprint density at radius 3 is 2.35 bits per heavy atom. The van der Waals surface area contributed by atoms with Crippen molar-refractivity contribution in [2.75, 3.05) is 26.2 Å². The molecule has 0 spiro atoms. The SMILES string of the molecule is CCN(CCO)C(=O)CC1CCC(CN)CC1. The van der Waals surface area contributed by atoms with E-state index in [0.717, 1.165) is 19.4 Å². The third kappa shape index (κ3) is 4.64. The van der Waals surface area contributed by atoms with E-state index >= 15 is 0 Å². The van der Waals surface area contributed by atoms with Gasteiger partial charge in [-0.05, 0) is 51.0 Å². The molecule has 1 amide bonds. The van der Waals surface area contributed by atoms with Gasteiger partial charge in [0.05, 0.1) is 6.61 Å². The Kier molecular flexibility index (Phi) is 6.52. The van der Waals surface area contributed by atoms with Crippen LogP contribution in [-0.4, -0.2) is 42.2 Å². The van der Waals surface area contributed by atoms with Gasteiger partial charge in [0, 0.05) is 19.5 Å². The lowest BCUT2D eigenvalue weighted by atomic mass is 9.80. The summed E-state index contributed by atoms with van der Waals surface area (Å²) < 4.78 is 0. The largest absolute Gasteiger partial charge is 0.395 e. The van der Waals surface area contributed by atoms with Crippen molar-refractivity contribution in [1.29, 1.82) is 0 Å². The fourth-order valence-corrected chi connectivity index (χ4v) is 2.63. The van der Waals surface area contributed by atoms with Gasteiger partial charge in [-0.1, -0.05) is 0 Å². The van der Waals surface area contributed by atoms with Gasteiger partial charge in [0.25, 0.3) is 0 Å². The molecular weight excluding hydrogens is 216 g/mol. The lowest BCUT2D eigenvalue weighted by molar-refractivity contribution is -0.132. The molecular formula is C13H26N2O2. The molecule has 3 N–H and O–H groups in total. The molecule has 0 saturated heterocycles. The first-order valence-corrected chi connectivity index (χ1v) is 6.79. The first-order chi connectivity index (χ1) is 8.21. The van der Waals surface area contributed by atoms with Gasteiger partial charge in [-0.3, -0.25) is 4.79 Å². The van der Waals surface area contributed by atoms with Crippen molar-refractivity contribution in [3.05, 3.63) is 0 Å². The molecule has 0 heterocycles. The Morgan fingerprint density at radius 2 is 1.88 bits per heavy atom. The summed E-state index contributed by atoms with van der Waals surface area (Å²) in [7, 11) is 0. The van der Waals surface area contributed by atoms with E-state index in [1.54, 1.807) is 4.90 Å². The van der Waals surface area contributed by atoms with Gasteiger partial charge >= 0.3 is 0 Å². The molecule has 0 bridgehead atoms. The Balaban J connectivity index is 2.31. The summed E-state index contributed by atoms with van der Waals surface area (Å²) in [5, 5.41) is 8.88. The van der Waals surface area contributed by atoms with Crippen molar-refractivity contribution in [2.24, 2.45) is 17.6 Å². The lowest BCUT2D eigenvalue weighted by Crippen LogP contribution is -2.35. The molecule has 0 aromatic heterocycles. The van der Waals surface area contributed by atoms with E-state index in [2.05, 4.69) is 0 Å². The number of nitrogens with two attached hydrogens (primary N) is 1. The van der Waals surface area contributed by atoms with E-state index in [4.69, 9.17) is 10.8 Å². The van der Waals surface area contributed by atoms with Gasteiger partial charge in [-0.2, -0.15) is 0 Å². The van der Waals surface area contributed by atoms with Crippen LogP contribution in [0, 0.1) is 11.8 Å². The van der Waals surface area contributed by atoms with E-state index in [0.29, 0.717) is 31.3 Å². The van der Waals surface area contributed by atoms with Gasteiger partial charge in [0.1, 0.15) is 0 Å². The van der Waals surface area contributed by atoms with Gasteiger partial charge < -0.3 is 15.7 Å². The first kappa shape index (κ1) is 14.5. The van der Waals surface area contributed by atoms with Crippen LogP contribution in [0.3, 0.4) is 0 Å². The molecule has 1 aliphatic rings. The Hall–Kier alpha value is -0.610. The molecule has 0 radical (unpaired) electrons. The zero-order chi connectivity index (χ0) is 12.7. The third-order valence-corrected chi connectivity index (χ3v) is 3.87. The predicted octanol–water partition coefficient (Wildman–Crippen LogP) is 0.982. The van der Waals surface area contributed by atoms with Crippen molar-refractivity contribution in [1.82, 2.24) is 4.90 Å². The summed E-state index contributed by atoms with van der Waals surface area (Å²) in [4.78, 5) is 13.7. The minimum atomic E-state index is 0.0551. The van der Waals surface area contributed by atoms with Crippen LogP contribution in [0.15, 0.2) is 0 Å². The van der Waals surface area contributed by atoms with E-state index in [1.165, 1.54) is 12.8 Å². The second kappa shape index (κ2) is 7.67. The van der Waals surface area contributed by atoms with Gasteiger partial charge in [-0.25, -0.2) is 0 Å². The second-order valence-electron chi connectivity index (χ2n) is 5.02. The predicted molar refractivity (Wildman–Crippen MR) is 68.5 cm³/mol. The summed E-state index contributed by atoms with van der Waals surface area (Å²) in [6, 6.07) is 0. The summed E-state index contributed by atoms with van der Waals surface area (Å²) in [5.74, 6) is 1.39. The maximum absolute atomic E-state index is 12.0. The number of aliphatic hydroxyl groups is 1. The number of hydrogen-bond donors (Lipinski definition) is 2. The van der Waals surface area contributed by atoms with Crippen molar-refractivity contribution in [2.45, 2.75) is 39.0 Å². The van der Waals surface area contributed by atoms with Crippen LogP contribution in [-0.2, 0) is 4.79 Å². The molecule has 1 fully saturated rings. The highest BCUT2D eigenvalue weighted by atomic mass is 16.3. The number of carbonyl (C=O) groups excluding carboxylic acids is 1. The molecule has 4 nitrogen and oxygen atoms in total. The smallest absolute Gasteiger partial charge is 0.222 e. The van der Waals surface area contributed by atoms with Crippen LogP contribution in [0.4, 0.5) is 0 Å². The quantitative estimate of drug-likeness (QED) is 0.729.